The summed E-state index contributed by atoms with van der Waals surface area (Å²) < 4.78 is 0. The van der Waals surface area contributed by atoms with Gasteiger partial charge in [0.05, 0.1) is 6.10 Å². The molecular weight excluding hydrogens is 240 g/mol. The Hall–Kier alpha value is -1.42. The van der Waals surface area contributed by atoms with Crippen molar-refractivity contribution in [2.75, 3.05) is 13.1 Å². The Labute approximate surface area is 113 Å². The second-order valence-electron chi connectivity index (χ2n) is 5.87. The summed E-state index contributed by atoms with van der Waals surface area (Å²) in [5.74, 6) is 0.0207. The van der Waals surface area contributed by atoms with Crippen molar-refractivity contribution in [3.05, 3.63) is 29.6 Å². The van der Waals surface area contributed by atoms with Crippen molar-refractivity contribution in [2.24, 2.45) is 5.41 Å². The molecule has 1 atom stereocenters. The predicted octanol–water partition coefficient (Wildman–Crippen LogP) is 1.77. The molecule has 19 heavy (non-hydrogen) atoms. The molecule has 1 aliphatic carbocycles. The molecule has 1 unspecified atom stereocenters. The van der Waals surface area contributed by atoms with E-state index in [9.17, 15) is 9.90 Å². The molecule has 1 aromatic rings. The molecule has 4 heteroatoms. The molecule has 1 aliphatic heterocycles. The van der Waals surface area contributed by atoms with Gasteiger partial charge in [-0.05, 0) is 50.2 Å². The Morgan fingerprint density at radius 3 is 2.63 bits per heavy atom. The predicted molar refractivity (Wildman–Crippen MR) is 71.8 cm³/mol. The van der Waals surface area contributed by atoms with Gasteiger partial charge in [-0.1, -0.05) is 6.07 Å². The quantitative estimate of drug-likeness (QED) is 0.837. The van der Waals surface area contributed by atoms with Gasteiger partial charge in [0.2, 0.25) is 0 Å². The van der Waals surface area contributed by atoms with Gasteiger partial charge in [-0.15, -0.1) is 0 Å². The summed E-state index contributed by atoms with van der Waals surface area (Å²) >= 11 is 0. The van der Waals surface area contributed by atoms with E-state index in [4.69, 9.17) is 0 Å². The molecule has 1 saturated heterocycles. The normalized spacial score (nSPS) is 25.2. The third kappa shape index (κ3) is 2.14. The van der Waals surface area contributed by atoms with Crippen LogP contribution in [0.4, 0.5) is 0 Å². The van der Waals surface area contributed by atoms with Crippen LogP contribution in [0, 0.1) is 12.3 Å². The Kier molecular flexibility index (Phi) is 3.05. The van der Waals surface area contributed by atoms with Gasteiger partial charge < -0.3 is 10.0 Å². The van der Waals surface area contributed by atoms with E-state index >= 15 is 0 Å². The van der Waals surface area contributed by atoms with E-state index in [0.29, 0.717) is 5.69 Å². The lowest BCUT2D eigenvalue weighted by atomic mass is 9.61. The van der Waals surface area contributed by atoms with Crippen LogP contribution in [0.3, 0.4) is 0 Å². The summed E-state index contributed by atoms with van der Waals surface area (Å²) in [5.41, 5.74) is 1.51. The number of hydrogen-bond donors (Lipinski definition) is 1. The fourth-order valence-electron chi connectivity index (χ4n) is 3.24. The van der Waals surface area contributed by atoms with Crippen molar-refractivity contribution in [2.45, 2.75) is 38.7 Å². The number of aryl methyl sites for hydroxylation is 1. The van der Waals surface area contributed by atoms with E-state index in [1.54, 1.807) is 6.07 Å². The number of aliphatic hydroxyl groups is 1. The van der Waals surface area contributed by atoms with Gasteiger partial charge in [0.15, 0.2) is 0 Å². The zero-order valence-corrected chi connectivity index (χ0v) is 11.3. The van der Waals surface area contributed by atoms with Gasteiger partial charge in [0.25, 0.3) is 5.91 Å². The standard InChI is InChI=1S/C15H20N2O2/c1-11-3-2-4-12(16-11)14(19)17-9-7-15(8-10-17)6-5-13(15)18/h2-4,13,18H,5-10H2,1H3. The highest BCUT2D eigenvalue weighted by molar-refractivity contribution is 5.92. The number of pyridine rings is 1. The number of carbonyl (C=O) groups excluding carboxylic acids is 1. The van der Waals surface area contributed by atoms with Crippen LogP contribution in [0.5, 0.6) is 0 Å². The maximum Gasteiger partial charge on any atom is 0.272 e. The van der Waals surface area contributed by atoms with Crippen molar-refractivity contribution >= 4 is 5.91 Å². The molecule has 4 nitrogen and oxygen atoms in total. The van der Waals surface area contributed by atoms with Gasteiger partial charge in [-0.25, -0.2) is 4.98 Å². The zero-order valence-electron chi connectivity index (χ0n) is 11.3. The Morgan fingerprint density at radius 1 is 1.37 bits per heavy atom. The summed E-state index contributed by atoms with van der Waals surface area (Å²) in [4.78, 5) is 18.5. The molecule has 1 N–H and O–H groups in total. The molecular formula is C15H20N2O2. The van der Waals surface area contributed by atoms with Crippen LogP contribution in [0.25, 0.3) is 0 Å². The smallest absolute Gasteiger partial charge is 0.272 e. The number of hydrogen-bond acceptors (Lipinski definition) is 3. The number of nitrogens with zero attached hydrogens (tertiary/aromatic N) is 2. The van der Waals surface area contributed by atoms with E-state index in [1.165, 1.54) is 0 Å². The van der Waals surface area contributed by atoms with Crippen molar-refractivity contribution < 1.29 is 9.90 Å². The van der Waals surface area contributed by atoms with E-state index in [-0.39, 0.29) is 17.4 Å². The van der Waals surface area contributed by atoms with E-state index < -0.39 is 0 Å². The molecule has 2 heterocycles. The molecule has 2 aliphatic rings. The highest BCUT2D eigenvalue weighted by atomic mass is 16.3. The van der Waals surface area contributed by atoms with Gasteiger partial charge in [0.1, 0.15) is 5.69 Å². The maximum atomic E-state index is 12.4. The first kappa shape index (κ1) is 12.6. The Morgan fingerprint density at radius 2 is 2.11 bits per heavy atom. The van der Waals surface area contributed by atoms with Gasteiger partial charge in [-0.2, -0.15) is 0 Å². The number of rotatable bonds is 1. The number of aliphatic hydroxyl groups excluding tert-OH is 1. The molecule has 1 amide bonds. The molecule has 1 spiro atoms. The second kappa shape index (κ2) is 4.60. The lowest BCUT2D eigenvalue weighted by molar-refractivity contribution is -0.0952. The maximum absolute atomic E-state index is 12.4. The topological polar surface area (TPSA) is 53.4 Å². The minimum absolute atomic E-state index is 0.0207. The van der Waals surface area contributed by atoms with Gasteiger partial charge in [-0.3, -0.25) is 4.79 Å². The Bertz CT molecular complexity index is 493. The Balaban J connectivity index is 1.67. The van der Waals surface area contributed by atoms with Crippen LogP contribution in [-0.2, 0) is 0 Å². The molecule has 1 saturated carbocycles. The third-order valence-corrected chi connectivity index (χ3v) is 4.78. The number of aromatic nitrogens is 1. The highest BCUT2D eigenvalue weighted by Gasteiger charge is 2.47. The molecule has 3 rings (SSSR count). The third-order valence-electron chi connectivity index (χ3n) is 4.78. The number of carbonyl (C=O) groups is 1. The van der Waals surface area contributed by atoms with Crippen molar-refractivity contribution in [1.29, 1.82) is 0 Å². The molecule has 0 bridgehead atoms. The van der Waals surface area contributed by atoms with E-state index in [1.807, 2.05) is 24.0 Å². The first-order valence-corrected chi connectivity index (χ1v) is 7.02. The van der Waals surface area contributed by atoms with Crippen molar-refractivity contribution in [3.8, 4) is 0 Å². The van der Waals surface area contributed by atoms with Crippen LogP contribution in [-0.4, -0.2) is 40.1 Å². The van der Waals surface area contributed by atoms with Crippen LogP contribution < -0.4 is 0 Å². The molecule has 102 valence electrons. The number of likely N-dealkylation sites (tertiary alicyclic amines) is 1. The van der Waals surface area contributed by atoms with Crippen LogP contribution in [0.1, 0.15) is 41.9 Å². The minimum atomic E-state index is -0.151. The fourth-order valence-corrected chi connectivity index (χ4v) is 3.24. The lowest BCUT2D eigenvalue weighted by Gasteiger charge is -2.51. The first-order valence-electron chi connectivity index (χ1n) is 7.02. The number of amides is 1. The molecule has 1 aromatic heterocycles. The van der Waals surface area contributed by atoms with E-state index in [2.05, 4.69) is 4.98 Å². The average molecular weight is 260 g/mol. The van der Waals surface area contributed by atoms with E-state index in [0.717, 1.165) is 44.5 Å². The highest BCUT2D eigenvalue weighted by Crippen LogP contribution is 2.49. The summed E-state index contributed by atoms with van der Waals surface area (Å²) in [6.45, 7) is 3.38. The van der Waals surface area contributed by atoms with Crippen molar-refractivity contribution in [1.82, 2.24) is 9.88 Å². The fraction of sp³-hybridized carbons (Fsp3) is 0.600. The summed E-state index contributed by atoms with van der Waals surface area (Å²) in [5, 5.41) is 9.89. The minimum Gasteiger partial charge on any atom is -0.393 e. The number of piperidine rings is 1. The van der Waals surface area contributed by atoms with Gasteiger partial charge >= 0.3 is 0 Å². The summed E-state index contributed by atoms with van der Waals surface area (Å²) in [7, 11) is 0. The first-order chi connectivity index (χ1) is 9.11. The summed E-state index contributed by atoms with van der Waals surface area (Å²) in [6.07, 6.45) is 3.73. The van der Waals surface area contributed by atoms with Gasteiger partial charge in [0, 0.05) is 18.8 Å². The molecule has 0 radical (unpaired) electrons. The largest absolute Gasteiger partial charge is 0.393 e. The van der Waals surface area contributed by atoms with Crippen LogP contribution in [0.15, 0.2) is 18.2 Å². The monoisotopic (exact) mass is 260 g/mol. The van der Waals surface area contributed by atoms with Crippen LogP contribution in [0.2, 0.25) is 0 Å². The molecule has 0 aromatic carbocycles. The molecule has 2 fully saturated rings. The summed E-state index contributed by atoms with van der Waals surface area (Å²) in [6, 6.07) is 5.54. The van der Waals surface area contributed by atoms with Crippen LogP contribution >= 0.6 is 0 Å². The SMILES string of the molecule is Cc1cccc(C(=O)N2CCC3(CCC3O)CC2)n1. The zero-order chi connectivity index (χ0) is 13.5. The van der Waals surface area contributed by atoms with Crippen molar-refractivity contribution in [3.63, 3.8) is 0 Å². The lowest BCUT2D eigenvalue weighted by Crippen LogP contribution is -2.53. The second-order valence-corrected chi connectivity index (χ2v) is 5.87. The average Bonchev–Trinajstić information content (AvgIpc) is 2.45.